The summed E-state index contributed by atoms with van der Waals surface area (Å²) in [6, 6.07) is 23.3. The number of halogens is 1. The van der Waals surface area contributed by atoms with Crippen molar-refractivity contribution >= 4 is 17.6 Å². The highest BCUT2D eigenvalue weighted by molar-refractivity contribution is 6.30. The third-order valence-corrected chi connectivity index (χ3v) is 3.53. The first-order valence-electron chi connectivity index (χ1n) is 7.35. The van der Waals surface area contributed by atoms with Gasteiger partial charge in [-0.1, -0.05) is 54.1 Å². The van der Waals surface area contributed by atoms with Crippen molar-refractivity contribution in [3.8, 4) is 5.75 Å². The van der Waals surface area contributed by atoms with E-state index in [0.29, 0.717) is 11.3 Å². The standard InChI is InChI=1S/C13H11ClO.C7H6O2/c14-12-5-1-10(2-6-12)9-11-3-7-13(15)8-4-11;8-7(9)6-4-2-1-3-5-6/h1-8,15H,9H2;1-5H,(H,8,9). The average molecular weight is 341 g/mol. The third kappa shape index (κ3) is 5.78. The smallest absolute Gasteiger partial charge is 0.335 e. The zero-order chi connectivity index (χ0) is 17.4. The molecule has 4 heteroatoms. The zero-order valence-electron chi connectivity index (χ0n) is 12.9. The lowest BCUT2D eigenvalue weighted by molar-refractivity contribution is 0.0697. The molecule has 122 valence electrons. The van der Waals surface area contributed by atoms with Gasteiger partial charge in [0, 0.05) is 5.02 Å². The van der Waals surface area contributed by atoms with Crippen molar-refractivity contribution in [3.05, 3.63) is 101 Å². The zero-order valence-corrected chi connectivity index (χ0v) is 13.6. The van der Waals surface area contributed by atoms with E-state index in [-0.39, 0.29) is 0 Å². The molecule has 0 unspecified atom stereocenters. The first-order chi connectivity index (χ1) is 11.5. The summed E-state index contributed by atoms with van der Waals surface area (Å²) in [5.74, 6) is -0.578. The summed E-state index contributed by atoms with van der Waals surface area (Å²) in [6.07, 6.45) is 0.859. The summed E-state index contributed by atoms with van der Waals surface area (Å²) >= 11 is 5.80. The van der Waals surface area contributed by atoms with Crippen molar-refractivity contribution in [1.82, 2.24) is 0 Å². The maximum atomic E-state index is 10.2. The summed E-state index contributed by atoms with van der Waals surface area (Å²) in [5.41, 5.74) is 2.72. The SMILES string of the molecule is O=C(O)c1ccccc1.Oc1ccc(Cc2ccc(Cl)cc2)cc1. The fourth-order valence-electron chi connectivity index (χ4n) is 2.03. The number of carboxylic acids is 1. The summed E-state index contributed by atoms with van der Waals surface area (Å²) in [5, 5.41) is 18.3. The highest BCUT2D eigenvalue weighted by Crippen LogP contribution is 2.15. The van der Waals surface area contributed by atoms with Crippen LogP contribution < -0.4 is 0 Å². The van der Waals surface area contributed by atoms with E-state index in [4.69, 9.17) is 21.8 Å². The molecule has 0 heterocycles. The van der Waals surface area contributed by atoms with Gasteiger partial charge >= 0.3 is 5.97 Å². The van der Waals surface area contributed by atoms with Gasteiger partial charge in [-0.05, 0) is 53.9 Å². The summed E-state index contributed by atoms with van der Waals surface area (Å²) in [7, 11) is 0. The maximum absolute atomic E-state index is 10.2. The topological polar surface area (TPSA) is 57.5 Å². The number of carboxylic acid groups (broad SMARTS) is 1. The van der Waals surface area contributed by atoms with Crippen LogP contribution in [-0.4, -0.2) is 16.2 Å². The summed E-state index contributed by atoms with van der Waals surface area (Å²) in [4.78, 5) is 10.2. The molecule has 2 N–H and O–H groups in total. The Morgan fingerprint density at radius 1 is 0.792 bits per heavy atom. The highest BCUT2D eigenvalue weighted by atomic mass is 35.5. The lowest BCUT2D eigenvalue weighted by Crippen LogP contribution is -1.93. The van der Waals surface area contributed by atoms with Crippen molar-refractivity contribution in [2.24, 2.45) is 0 Å². The molecule has 0 saturated carbocycles. The molecule has 0 spiro atoms. The molecule has 0 saturated heterocycles. The van der Waals surface area contributed by atoms with Gasteiger partial charge in [-0.25, -0.2) is 4.79 Å². The molecule has 0 fully saturated rings. The third-order valence-electron chi connectivity index (χ3n) is 3.28. The first-order valence-corrected chi connectivity index (χ1v) is 7.73. The fraction of sp³-hybridized carbons (Fsp3) is 0.0500. The fourth-order valence-corrected chi connectivity index (χ4v) is 2.16. The number of phenolic OH excluding ortho intramolecular Hbond substituents is 1. The van der Waals surface area contributed by atoms with E-state index in [0.717, 1.165) is 11.4 Å². The molecule has 24 heavy (non-hydrogen) atoms. The van der Waals surface area contributed by atoms with Crippen molar-refractivity contribution < 1.29 is 15.0 Å². The number of carbonyl (C=O) groups is 1. The van der Waals surface area contributed by atoms with Crippen LogP contribution in [0.3, 0.4) is 0 Å². The van der Waals surface area contributed by atoms with Crippen LogP contribution in [0.4, 0.5) is 0 Å². The van der Waals surface area contributed by atoms with E-state index in [1.165, 1.54) is 11.1 Å². The van der Waals surface area contributed by atoms with Gasteiger partial charge in [0.05, 0.1) is 5.56 Å². The van der Waals surface area contributed by atoms with E-state index in [2.05, 4.69) is 0 Å². The van der Waals surface area contributed by atoms with Gasteiger partial charge in [0.2, 0.25) is 0 Å². The van der Waals surface area contributed by atoms with Crippen molar-refractivity contribution in [1.29, 1.82) is 0 Å². The largest absolute Gasteiger partial charge is 0.508 e. The second kappa shape index (κ2) is 8.75. The molecule has 3 nitrogen and oxygen atoms in total. The van der Waals surface area contributed by atoms with Crippen LogP contribution in [0, 0.1) is 0 Å². The van der Waals surface area contributed by atoms with Crippen molar-refractivity contribution in [2.45, 2.75) is 6.42 Å². The molecular formula is C20H17ClO3. The Morgan fingerprint density at radius 3 is 1.75 bits per heavy atom. The first kappa shape index (κ1) is 17.6. The van der Waals surface area contributed by atoms with Gasteiger partial charge in [0.25, 0.3) is 0 Å². The lowest BCUT2D eigenvalue weighted by atomic mass is 10.1. The number of benzene rings is 3. The van der Waals surface area contributed by atoms with Crippen molar-refractivity contribution in [3.63, 3.8) is 0 Å². The molecule has 0 atom stereocenters. The van der Waals surface area contributed by atoms with Crippen LogP contribution in [-0.2, 0) is 6.42 Å². The highest BCUT2D eigenvalue weighted by Gasteiger charge is 1.97. The molecule has 0 aliphatic heterocycles. The Morgan fingerprint density at radius 2 is 1.29 bits per heavy atom. The van der Waals surface area contributed by atoms with Crippen molar-refractivity contribution in [2.75, 3.05) is 0 Å². The second-order valence-electron chi connectivity index (χ2n) is 5.14. The molecule has 3 aromatic carbocycles. The molecule has 0 aliphatic rings. The van der Waals surface area contributed by atoms with Gasteiger partial charge in [0.15, 0.2) is 0 Å². The minimum absolute atomic E-state index is 0.301. The normalized spacial score (nSPS) is 9.71. The number of rotatable bonds is 3. The molecule has 0 aromatic heterocycles. The van der Waals surface area contributed by atoms with Crippen LogP contribution in [0.15, 0.2) is 78.9 Å². The van der Waals surface area contributed by atoms with Gasteiger partial charge in [-0.3, -0.25) is 0 Å². The summed E-state index contributed by atoms with van der Waals surface area (Å²) < 4.78 is 0. The van der Waals surface area contributed by atoms with Crippen LogP contribution >= 0.6 is 11.6 Å². The monoisotopic (exact) mass is 340 g/mol. The Hall–Kier alpha value is -2.78. The molecular weight excluding hydrogens is 324 g/mol. The second-order valence-corrected chi connectivity index (χ2v) is 5.58. The Balaban J connectivity index is 0.000000198. The molecule has 0 aliphatic carbocycles. The Bertz CT molecular complexity index is 723. The predicted molar refractivity (Wildman–Crippen MR) is 95.8 cm³/mol. The molecule has 0 amide bonds. The molecule has 0 bridgehead atoms. The molecule has 3 rings (SSSR count). The number of aromatic hydroxyl groups is 1. The van der Waals surface area contributed by atoms with E-state index in [1.807, 2.05) is 36.4 Å². The Kier molecular flexibility index (Phi) is 6.41. The number of aromatic carboxylic acids is 1. The number of hydrogen-bond acceptors (Lipinski definition) is 2. The number of phenols is 1. The van der Waals surface area contributed by atoms with E-state index in [9.17, 15) is 4.79 Å². The van der Waals surface area contributed by atoms with Gasteiger partial charge < -0.3 is 10.2 Å². The molecule has 0 radical (unpaired) electrons. The Labute approximate surface area is 145 Å². The van der Waals surface area contributed by atoms with Crippen LogP contribution in [0.1, 0.15) is 21.5 Å². The van der Waals surface area contributed by atoms with E-state index >= 15 is 0 Å². The van der Waals surface area contributed by atoms with Crippen LogP contribution in [0.5, 0.6) is 5.75 Å². The molecule has 3 aromatic rings. The van der Waals surface area contributed by atoms with Crippen LogP contribution in [0.2, 0.25) is 5.02 Å². The summed E-state index contributed by atoms with van der Waals surface area (Å²) in [6.45, 7) is 0. The van der Waals surface area contributed by atoms with Gasteiger partial charge in [-0.2, -0.15) is 0 Å². The minimum Gasteiger partial charge on any atom is -0.508 e. The van der Waals surface area contributed by atoms with E-state index < -0.39 is 5.97 Å². The van der Waals surface area contributed by atoms with Gasteiger partial charge in [-0.15, -0.1) is 0 Å². The number of hydrogen-bond donors (Lipinski definition) is 2. The van der Waals surface area contributed by atoms with Gasteiger partial charge in [0.1, 0.15) is 5.75 Å². The van der Waals surface area contributed by atoms with E-state index in [1.54, 1.807) is 42.5 Å². The lowest BCUT2D eigenvalue weighted by Gasteiger charge is -2.02. The average Bonchev–Trinajstić information content (AvgIpc) is 2.60. The predicted octanol–water partition coefficient (Wildman–Crippen LogP) is 5.02. The van der Waals surface area contributed by atoms with Crippen LogP contribution in [0.25, 0.3) is 0 Å². The maximum Gasteiger partial charge on any atom is 0.335 e. The minimum atomic E-state index is -0.879. The quantitative estimate of drug-likeness (QED) is 0.703.